The van der Waals surface area contributed by atoms with Gasteiger partial charge in [-0.3, -0.25) is 9.59 Å². The summed E-state index contributed by atoms with van der Waals surface area (Å²) in [4.78, 5) is 79.1. The first-order valence-corrected chi connectivity index (χ1v) is 15.1. The number of aromatic nitrogens is 1. The van der Waals surface area contributed by atoms with Crippen LogP contribution in [0.25, 0.3) is 0 Å². The van der Waals surface area contributed by atoms with Crippen LogP contribution in [0, 0.1) is 10.1 Å². The molecule has 0 radical (unpaired) electrons. The number of hydrogen-bond acceptors (Lipinski definition) is 11. The van der Waals surface area contributed by atoms with Crippen molar-refractivity contribution in [1.29, 1.82) is 0 Å². The van der Waals surface area contributed by atoms with Gasteiger partial charge in [-0.25, -0.2) is 14.4 Å². The predicted octanol–water partition coefficient (Wildman–Crippen LogP) is 4.07. The maximum absolute atomic E-state index is 13.4. The van der Waals surface area contributed by atoms with Crippen LogP contribution in [-0.4, -0.2) is 87.1 Å². The van der Waals surface area contributed by atoms with E-state index in [1.165, 1.54) is 13.1 Å². The monoisotopic (exact) mass is 651 g/mol. The number of unbranched alkanes of at least 4 members (excludes halogenated alkanes) is 1. The highest BCUT2D eigenvalue weighted by atomic mass is 16.6. The Balaban J connectivity index is 2.95. The molecule has 0 fully saturated rings. The summed E-state index contributed by atoms with van der Waals surface area (Å²) >= 11 is 0. The van der Waals surface area contributed by atoms with Crippen molar-refractivity contribution >= 4 is 35.7 Å². The number of likely N-dealkylation sites (N-methyl/N-ethyl adjacent to an activating group) is 1. The number of carbonyl (C=O) groups is 5. The van der Waals surface area contributed by atoms with E-state index >= 15 is 0 Å². The Bertz CT molecular complexity index is 1230. The van der Waals surface area contributed by atoms with E-state index in [1.807, 2.05) is 0 Å². The van der Waals surface area contributed by atoms with Crippen molar-refractivity contribution in [2.75, 3.05) is 13.6 Å². The molecule has 0 aromatic carbocycles. The lowest BCUT2D eigenvalue weighted by Crippen LogP contribution is -2.53. The summed E-state index contributed by atoms with van der Waals surface area (Å²) < 4.78 is 16.3. The Hall–Kier alpha value is -4.30. The number of amides is 3. The van der Waals surface area contributed by atoms with Crippen molar-refractivity contribution in [2.45, 2.75) is 123 Å². The Morgan fingerprint density at radius 2 is 1.43 bits per heavy atom. The van der Waals surface area contributed by atoms with Gasteiger partial charge in [0.1, 0.15) is 28.9 Å². The molecule has 2 atom stereocenters. The maximum Gasteiger partial charge on any atom is 0.363 e. The molecule has 15 heteroatoms. The van der Waals surface area contributed by atoms with Gasteiger partial charge in [0.15, 0.2) is 6.20 Å². The molecule has 0 spiro atoms. The van der Waals surface area contributed by atoms with Gasteiger partial charge in [0, 0.05) is 26.1 Å². The largest absolute Gasteiger partial charge is 0.460 e. The van der Waals surface area contributed by atoms with Crippen molar-refractivity contribution in [3.05, 3.63) is 34.0 Å². The molecule has 15 nitrogen and oxygen atoms in total. The number of carbonyl (C=O) groups excluding carboxylic acids is 5. The Morgan fingerprint density at radius 1 is 0.870 bits per heavy atom. The number of nitrogens with zero attached hydrogens (tertiary/aromatic N) is 3. The molecule has 0 saturated carbocycles. The molecular formula is C31H49N5O10. The Morgan fingerprint density at radius 3 is 1.93 bits per heavy atom. The van der Waals surface area contributed by atoms with Crippen LogP contribution in [0.1, 0.15) is 105 Å². The van der Waals surface area contributed by atoms with Gasteiger partial charge in [-0.05, 0) is 104 Å². The third-order valence-corrected chi connectivity index (χ3v) is 5.90. The maximum atomic E-state index is 13.4. The van der Waals surface area contributed by atoms with Crippen LogP contribution < -0.4 is 10.6 Å². The van der Waals surface area contributed by atoms with Crippen molar-refractivity contribution in [2.24, 2.45) is 0 Å². The number of rotatable bonds is 14. The number of esters is 3. The highest BCUT2D eigenvalue weighted by molar-refractivity contribution is 5.94. The number of pyridine rings is 1. The normalized spacial score (nSPS) is 13.1. The molecule has 0 saturated heterocycles. The van der Waals surface area contributed by atoms with E-state index in [-0.39, 0.29) is 37.2 Å². The molecular weight excluding hydrogens is 602 g/mol. The van der Waals surface area contributed by atoms with Crippen molar-refractivity contribution in [3.8, 4) is 0 Å². The minimum Gasteiger partial charge on any atom is -0.460 e. The first kappa shape index (κ1) is 39.7. The lowest BCUT2D eigenvalue weighted by atomic mass is 10.1. The van der Waals surface area contributed by atoms with Gasteiger partial charge in [0.25, 0.3) is 5.91 Å². The lowest BCUT2D eigenvalue weighted by molar-refractivity contribution is -0.389. The van der Waals surface area contributed by atoms with E-state index in [1.54, 1.807) is 62.3 Å². The first-order chi connectivity index (χ1) is 21.0. The summed E-state index contributed by atoms with van der Waals surface area (Å²) in [6.07, 6.45) is 1.85. The van der Waals surface area contributed by atoms with Crippen molar-refractivity contribution < 1.29 is 43.1 Å². The van der Waals surface area contributed by atoms with Gasteiger partial charge in [-0.1, -0.05) is 0 Å². The zero-order chi connectivity index (χ0) is 35.5. The summed E-state index contributed by atoms with van der Waals surface area (Å²) in [5, 5.41) is 16.0. The minimum atomic E-state index is -1.20. The van der Waals surface area contributed by atoms with E-state index in [2.05, 4.69) is 15.6 Å². The third-order valence-electron chi connectivity index (χ3n) is 5.90. The van der Waals surface area contributed by atoms with Gasteiger partial charge in [-0.15, -0.1) is 0 Å². The fourth-order valence-corrected chi connectivity index (χ4v) is 3.90. The summed E-state index contributed by atoms with van der Waals surface area (Å²) in [5.41, 5.74) is -2.28. The molecule has 3 amide bonds. The third kappa shape index (κ3) is 15.6. The molecule has 1 aromatic heterocycles. The quantitative estimate of drug-likeness (QED) is 0.0967. The fourth-order valence-electron chi connectivity index (χ4n) is 3.90. The first-order valence-electron chi connectivity index (χ1n) is 15.1. The van der Waals surface area contributed by atoms with Gasteiger partial charge < -0.3 is 39.9 Å². The highest BCUT2D eigenvalue weighted by Gasteiger charge is 2.34. The number of nitrogens with one attached hydrogen (secondary N) is 2. The second kappa shape index (κ2) is 16.9. The number of urea groups is 1. The van der Waals surface area contributed by atoms with Gasteiger partial charge >= 0.3 is 29.8 Å². The lowest BCUT2D eigenvalue weighted by Gasteiger charge is -2.31. The van der Waals surface area contributed by atoms with Crippen LogP contribution in [0.3, 0.4) is 0 Å². The van der Waals surface area contributed by atoms with Crippen molar-refractivity contribution in [1.82, 2.24) is 20.5 Å². The Kier molecular flexibility index (Phi) is 14.6. The number of nitro groups is 1. The molecule has 0 aliphatic carbocycles. The highest BCUT2D eigenvalue weighted by Crippen LogP contribution is 2.18. The summed E-state index contributed by atoms with van der Waals surface area (Å²) in [5.74, 6) is -2.80. The van der Waals surface area contributed by atoms with Gasteiger partial charge in [0.05, 0.1) is 5.56 Å². The molecule has 0 unspecified atom stereocenters. The van der Waals surface area contributed by atoms with Crippen LogP contribution >= 0.6 is 0 Å². The molecule has 2 N–H and O–H groups in total. The topological polar surface area (TPSA) is 196 Å². The number of ether oxygens (including phenoxy) is 3. The molecule has 258 valence electrons. The van der Waals surface area contributed by atoms with E-state index in [0.717, 1.165) is 17.2 Å². The van der Waals surface area contributed by atoms with Crippen LogP contribution in [0.4, 0.5) is 10.6 Å². The van der Waals surface area contributed by atoms with E-state index in [0.29, 0.717) is 12.8 Å². The molecule has 0 aliphatic rings. The SMILES string of the molecule is CN(C(=O)N[C@@H](CCC(=O)OC(C)(C)C)C(=O)OC(C)(C)C)[C@@H](CCCCNC(=O)c1ccc([N+](=O)[O-])nc1)C(=O)OC(C)(C)C. The van der Waals surface area contributed by atoms with Crippen LogP contribution in [0.2, 0.25) is 0 Å². The average molecular weight is 652 g/mol. The van der Waals surface area contributed by atoms with Crippen LogP contribution in [0.5, 0.6) is 0 Å². The average Bonchev–Trinajstić information content (AvgIpc) is 2.89. The van der Waals surface area contributed by atoms with Crippen molar-refractivity contribution in [3.63, 3.8) is 0 Å². The standard InChI is InChI=1S/C31H49N5O10/c1-29(2,3)44-24(37)17-15-21(26(39)45-30(4,5)6)34-28(41)35(10)22(27(40)46-31(7,8)9)13-11-12-18-32-25(38)20-14-16-23(33-19-20)36(42)43/h14,16,19,21-22H,11-13,15,17-18H2,1-10H3,(H,32,38)(H,34,41)/t21-,22-/m0/s1. The van der Waals surface area contributed by atoms with Crippen LogP contribution in [-0.2, 0) is 28.6 Å². The smallest absolute Gasteiger partial charge is 0.363 e. The summed E-state index contributed by atoms with van der Waals surface area (Å²) in [7, 11) is 1.40. The molecule has 1 heterocycles. The van der Waals surface area contributed by atoms with Gasteiger partial charge in [-0.2, -0.15) is 0 Å². The Labute approximate surface area is 270 Å². The van der Waals surface area contributed by atoms with Crippen LogP contribution in [0.15, 0.2) is 18.3 Å². The predicted molar refractivity (Wildman–Crippen MR) is 168 cm³/mol. The zero-order valence-electron chi connectivity index (χ0n) is 28.6. The minimum absolute atomic E-state index is 0.0928. The summed E-state index contributed by atoms with van der Waals surface area (Å²) in [6, 6.07) is -0.574. The van der Waals surface area contributed by atoms with E-state index < -0.39 is 63.7 Å². The number of hydrogen-bond donors (Lipinski definition) is 2. The molecule has 46 heavy (non-hydrogen) atoms. The second-order valence-electron chi connectivity index (χ2n) is 13.7. The molecule has 1 aromatic rings. The van der Waals surface area contributed by atoms with Gasteiger partial charge in [0.2, 0.25) is 0 Å². The molecule has 0 aliphatic heterocycles. The zero-order valence-corrected chi connectivity index (χ0v) is 28.6. The molecule has 1 rings (SSSR count). The second-order valence-corrected chi connectivity index (χ2v) is 13.7. The van der Waals surface area contributed by atoms with E-state index in [9.17, 15) is 34.1 Å². The fraction of sp³-hybridized carbons (Fsp3) is 0.677. The summed E-state index contributed by atoms with van der Waals surface area (Å²) in [6.45, 7) is 15.5. The molecule has 0 bridgehead atoms. The van der Waals surface area contributed by atoms with E-state index in [4.69, 9.17) is 14.2 Å².